The maximum absolute atomic E-state index is 12.9. The Hall–Kier alpha value is -1.57. The minimum Gasteiger partial charge on any atom is -0.355 e. The van der Waals surface area contributed by atoms with Gasteiger partial charge in [-0.1, -0.05) is 24.6 Å². The van der Waals surface area contributed by atoms with Gasteiger partial charge in [-0.25, -0.2) is 0 Å². The van der Waals surface area contributed by atoms with E-state index in [0.29, 0.717) is 31.1 Å². The van der Waals surface area contributed by atoms with Crippen LogP contribution in [0, 0.1) is 5.92 Å². The molecule has 140 valence electrons. The Morgan fingerprint density at radius 3 is 2.64 bits per heavy atom. The molecule has 0 heterocycles. The molecule has 3 atom stereocenters. The van der Waals surface area contributed by atoms with Gasteiger partial charge in [-0.15, -0.1) is 0 Å². The van der Waals surface area contributed by atoms with Gasteiger partial charge in [0, 0.05) is 30.3 Å². The molecular formula is C17H24F3N3OS. The van der Waals surface area contributed by atoms with Gasteiger partial charge >= 0.3 is 6.18 Å². The lowest BCUT2D eigenvalue weighted by Gasteiger charge is -2.31. The third kappa shape index (κ3) is 6.34. The fourth-order valence-corrected chi connectivity index (χ4v) is 3.94. The van der Waals surface area contributed by atoms with Crippen LogP contribution in [0.3, 0.4) is 0 Å². The smallest absolute Gasteiger partial charge is 0.355 e. The first kappa shape index (κ1) is 19.8. The van der Waals surface area contributed by atoms with Gasteiger partial charge in [-0.05, 0) is 31.4 Å². The summed E-state index contributed by atoms with van der Waals surface area (Å²) in [5.41, 5.74) is 0. The first-order chi connectivity index (χ1) is 11.9. The number of nitrogens with zero attached hydrogens (tertiary/aromatic N) is 1. The minimum atomic E-state index is -4.14. The fourth-order valence-electron chi connectivity index (χ4n) is 2.96. The van der Waals surface area contributed by atoms with Crippen LogP contribution in [0.4, 0.5) is 13.2 Å². The number of halogens is 3. The van der Waals surface area contributed by atoms with Crippen molar-refractivity contribution in [3.8, 4) is 0 Å². The van der Waals surface area contributed by atoms with E-state index < -0.39 is 22.9 Å². The molecule has 0 bridgehead atoms. The van der Waals surface area contributed by atoms with E-state index in [1.54, 1.807) is 7.05 Å². The molecule has 0 spiro atoms. The Morgan fingerprint density at radius 2 is 2.00 bits per heavy atom. The van der Waals surface area contributed by atoms with Crippen LogP contribution in [-0.2, 0) is 10.8 Å². The molecule has 0 aliphatic heterocycles. The second kappa shape index (κ2) is 9.22. The van der Waals surface area contributed by atoms with Crippen molar-refractivity contribution in [2.75, 3.05) is 19.3 Å². The second-order valence-electron chi connectivity index (χ2n) is 6.11. The van der Waals surface area contributed by atoms with Crippen LogP contribution >= 0.6 is 0 Å². The number of hydrogen-bond donors (Lipinski definition) is 2. The molecule has 1 fully saturated rings. The number of rotatable bonds is 5. The predicted molar refractivity (Wildman–Crippen MR) is 94.0 cm³/mol. The van der Waals surface area contributed by atoms with E-state index in [9.17, 15) is 17.4 Å². The lowest BCUT2D eigenvalue weighted by Crippen LogP contribution is -2.47. The van der Waals surface area contributed by atoms with Gasteiger partial charge in [0.15, 0.2) is 5.96 Å². The number of benzene rings is 1. The van der Waals surface area contributed by atoms with Crippen molar-refractivity contribution in [1.29, 1.82) is 0 Å². The fraction of sp³-hybridized carbons (Fsp3) is 0.588. The molecule has 1 aliphatic carbocycles. The lowest BCUT2D eigenvalue weighted by atomic mass is 9.85. The minimum absolute atomic E-state index is 0.0696. The molecule has 0 aromatic heterocycles. The van der Waals surface area contributed by atoms with Crippen molar-refractivity contribution >= 4 is 16.8 Å². The Balaban J connectivity index is 1.78. The highest BCUT2D eigenvalue weighted by Crippen LogP contribution is 2.37. The van der Waals surface area contributed by atoms with E-state index >= 15 is 0 Å². The van der Waals surface area contributed by atoms with Crippen LogP contribution in [0.1, 0.15) is 25.7 Å². The molecule has 2 rings (SSSR count). The zero-order valence-corrected chi connectivity index (χ0v) is 15.0. The second-order valence-corrected chi connectivity index (χ2v) is 7.68. The van der Waals surface area contributed by atoms with Crippen molar-refractivity contribution in [1.82, 2.24) is 10.6 Å². The standard InChI is InChI=1S/C17H24F3N3OS/c1-21-16(22-10-11-25(24)15-8-3-2-4-9-15)23-14-7-5-6-13(12-14)17(18,19)20/h2-4,8-9,13-14H,5-7,10-12H2,1H3,(H2,21,22,23). The lowest BCUT2D eigenvalue weighted by molar-refractivity contribution is -0.183. The first-order valence-electron chi connectivity index (χ1n) is 8.37. The summed E-state index contributed by atoms with van der Waals surface area (Å²) in [6, 6.07) is 8.91. The maximum Gasteiger partial charge on any atom is 0.391 e. The number of guanidine groups is 1. The van der Waals surface area contributed by atoms with Crippen molar-refractivity contribution in [3.63, 3.8) is 0 Å². The molecule has 1 aromatic carbocycles. The SMILES string of the molecule is CN=C(NCCS(=O)c1ccccc1)NC1CCCC(C(F)(F)F)C1. The van der Waals surface area contributed by atoms with Crippen LogP contribution in [0.5, 0.6) is 0 Å². The summed E-state index contributed by atoms with van der Waals surface area (Å²) in [5, 5.41) is 6.10. The molecule has 0 saturated heterocycles. The van der Waals surface area contributed by atoms with Gasteiger partial charge < -0.3 is 10.6 Å². The summed E-state index contributed by atoms with van der Waals surface area (Å²) < 4.78 is 50.8. The van der Waals surface area contributed by atoms with Crippen LogP contribution in [0.15, 0.2) is 40.2 Å². The summed E-state index contributed by atoms with van der Waals surface area (Å²) in [7, 11) is 0.457. The number of nitrogens with one attached hydrogen (secondary N) is 2. The average molecular weight is 375 g/mol. The molecular weight excluding hydrogens is 351 g/mol. The van der Waals surface area contributed by atoms with E-state index in [2.05, 4.69) is 15.6 Å². The highest BCUT2D eigenvalue weighted by molar-refractivity contribution is 7.85. The highest BCUT2D eigenvalue weighted by Gasteiger charge is 2.42. The van der Waals surface area contributed by atoms with E-state index in [1.807, 2.05) is 30.3 Å². The van der Waals surface area contributed by atoms with Gasteiger partial charge in [0.05, 0.1) is 16.7 Å². The predicted octanol–water partition coefficient (Wildman–Crippen LogP) is 3.08. The van der Waals surface area contributed by atoms with Crippen molar-refractivity contribution in [2.24, 2.45) is 10.9 Å². The molecule has 3 unspecified atom stereocenters. The molecule has 1 aromatic rings. The van der Waals surface area contributed by atoms with Crippen LogP contribution in [-0.4, -0.2) is 41.7 Å². The van der Waals surface area contributed by atoms with Crippen molar-refractivity contribution in [2.45, 2.75) is 42.8 Å². The van der Waals surface area contributed by atoms with Crippen molar-refractivity contribution < 1.29 is 17.4 Å². The number of aliphatic imine (C=N–C) groups is 1. The number of hydrogen-bond acceptors (Lipinski definition) is 2. The highest BCUT2D eigenvalue weighted by atomic mass is 32.2. The third-order valence-electron chi connectivity index (χ3n) is 4.29. The van der Waals surface area contributed by atoms with Crippen molar-refractivity contribution in [3.05, 3.63) is 30.3 Å². The zero-order chi connectivity index (χ0) is 18.3. The van der Waals surface area contributed by atoms with Gasteiger partial charge in [-0.2, -0.15) is 13.2 Å². The summed E-state index contributed by atoms with van der Waals surface area (Å²) >= 11 is 0. The van der Waals surface area contributed by atoms with E-state index in [-0.39, 0.29) is 18.9 Å². The van der Waals surface area contributed by atoms with Gasteiger partial charge in [0.2, 0.25) is 0 Å². The van der Waals surface area contributed by atoms with Crippen LogP contribution in [0.25, 0.3) is 0 Å². The zero-order valence-electron chi connectivity index (χ0n) is 14.2. The van der Waals surface area contributed by atoms with Crippen LogP contribution in [0.2, 0.25) is 0 Å². The third-order valence-corrected chi connectivity index (χ3v) is 5.66. The molecule has 0 amide bonds. The van der Waals surface area contributed by atoms with Gasteiger partial charge in [0.1, 0.15) is 0 Å². The summed E-state index contributed by atoms with van der Waals surface area (Å²) in [4.78, 5) is 4.81. The van der Waals surface area contributed by atoms with Crippen LogP contribution < -0.4 is 10.6 Å². The molecule has 25 heavy (non-hydrogen) atoms. The molecule has 0 radical (unpaired) electrons. The van der Waals surface area contributed by atoms with E-state index in [4.69, 9.17) is 0 Å². The quantitative estimate of drug-likeness (QED) is 0.614. The van der Waals surface area contributed by atoms with Gasteiger partial charge in [0.25, 0.3) is 0 Å². The monoisotopic (exact) mass is 375 g/mol. The first-order valence-corrected chi connectivity index (χ1v) is 9.69. The summed E-state index contributed by atoms with van der Waals surface area (Å²) in [6.45, 7) is 0.427. The maximum atomic E-state index is 12.9. The summed E-state index contributed by atoms with van der Waals surface area (Å²) in [6.07, 6.45) is -2.62. The van der Waals surface area contributed by atoms with Gasteiger partial charge in [-0.3, -0.25) is 9.20 Å². The average Bonchev–Trinajstić information content (AvgIpc) is 2.61. The number of alkyl halides is 3. The molecule has 4 nitrogen and oxygen atoms in total. The van der Waals surface area contributed by atoms with E-state index in [0.717, 1.165) is 4.90 Å². The molecule has 8 heteroatoms. The Kier molecular flexibility index (Phi) is 7.28. The summed E-state index contributed by atoms with van der Waals surface area (Å²) in [5.74, 6) is -0.388. The molecule has 1 saturated carbocycles. The topological polar surface area (TPSA) is 53.5 Å². The molecule has 2 N–H and O–H groups in total. The Morgan fingerprint density at radius 1 is 1.28 bits per heavy atom. The Bertz CT molecular complexity index is 593. The normalized spacial score (nSPS) is 23.1. The largest absolute Gasteiger partial charge is 0.391 e. The Labute approximate surface area is 148 Å². The van der Waals surface area contributed by atoms with E-state index in [1.165, 1.54) is 0 Å². The molecule has 1 aliphatic rings.